The molecule has 40 heavy (non-hydrogen) atoms. The van der Waals surface area contributed by atoms with Gasteiger partial charge >= 0.3 is 0 Å². The largest absolute Gasteiger partial charge is 0.497 e. The van der Waals surface area contributed by atoms with E-state index in [1.165, 1.54) is 12.1 Å². The van der Waals surface area contributed by atoms with E-state index in [1.54, 1.807) is 19.2 Å². The molecule has 6 aromatic rings. The molecular formula is C36H26FNO2. The molecule has 0 saturated heterocycles. The van der Waals surface area contributed by atoms with Crippen LogP contribution in [0.25, 0.3) is 56.6 Å². The average Bonchev–Trinajstić information content (AvgIpc) is 3.02. The van der Waals surface area contributed by atoms with Crippen LogP contribution in [0.3, 0.4) is 0 Å². The summed E-state index contributed by atoms with van der Waals surface area (Å²) < 4.78 is 18.9. The quantitative estimate of drug-likeness (QED) is 0.237. The topological polar surface area (TPSA) is 42.1 Å². The van der Waals surface area contributed by atoms with Crippen molar-refractivity contribution in [1.29, 1.82) is 0 Å². The number of fused-ring (bicyclic) bond motifs is 1. The van der Waals surface area contributed by atoms with Gasteiger partial charge in [-0.1, -0.05) is 78.9 Å². The van der Waals surface area contributed by atoms with Gasteiger partial charge in [-0.15, -0.1) is 0 Å². The van der Waals surface area contributed by atoms with E-state index in [2.05, 4.69) is 23.2 Å². The van der Waals surface area contributed by atoms with Crippen LogP contribution in [0.4, 0.5) is 4.39 Å². The second-order valence-electron chi connectivity index (χ2n) is 9.53. The Morgan fingerprint density at radius 1 is 0.675 bits per heavy atom. The van der Waals surface area contributed by atoms with Crippen LogP contribution in [-0.4, -0.2) is 12.1 Å². The lowest BCUT2D eigenvalue weighted by Gasteiger charge is -2.15. The van der Waals surface area contributed by atoms with Crippen LogP contribution < -0.4 is 10.2 Å². The molecule has 0 spiro atoms. The maximum absolute atomic E-state index is 14.3. The van der Waals surface area contributed by atoms with Gasteiger partial charge in [0, 0.05) is 16.5 Å². The molecule has 4 heteroatoms. The van der Waals surface area contributed by atoms with E-state index in [1.807, 2.05) is 91.0 Å². The van der Waals surface area contributed by atoms with Gasteiger partial charge in [0.2, 0.25) is 0 Å². The summed E-state index contributed by atoms with van der Waals surface area (Å²) in [4.78, 5) is 18.0. The summed E-state index contributed by atoms with van der Waals surface area (Å²) >= 11 is 0. The molecule has 0 unspecified atom stereocenters. The first-order valence-corrected chi connectivity index (χ1v) is 13.0. The molecule has 3 nitrogen and oxygen atoms in total. The van der Waals surface area contributed by atoms with Gasteiger partial charge in [0.15, 0.2) is 5.43 Å². The van der Waals surface area contributed by atoms with Crippen molar-refractivity contribution in [1.82, 2.24) is 4.98 Å². The summed E-state index contributed by atoms with van der Waals surface area (Å²) in [6.45, 7) is 0. The van der Waals surface area contributed by atoms with Gasteiger partial charge in [0.25, 0.3) is 0 Å². The summed E-state index contributed by atoms with van der Waals surface area (Å²) in [5.74, 6) is 0.425. The SMILES string of the molecule is COc1ccc(-c2[nH]c3c(-c4ccccc4)cc(-c4ccccc4)cc3c(=O)c2/C=C/c2ccc(F)cc2)cc1. The number of rotatable bonds is 6. The number of methoxy groups -OCH3 is 1. The minimum absolute atomic E-state index is 0.0899. The molecule has 0 fully saturated rings. The fourth-order valence-electron chi connectivity index (χ4n) is 4.95. The molecule has 0 atom stereocenters. The molecule has 0 bridgehead atoms. The number of aromatic amines is 1. The summed E-state index contributed by atoms with van der Waals surface area (Å²) in [6, 6.07) is 38.1. The first-order chi connectivity index (χ1) is 19.6. The van der Waals surface area contributed by atoms with Gasteiger partial charge in [-0.3, -0.25) is 4.79 Å². The molecule has 0 aliphatic carbocycles. The van der Waals surface area contributed by atoms with Gasteiger partial charge in [0.05, 0.1) is 18.3 Å². The third-order valence-corrected chi connectivity index (χ3v) is 7.03. The van der Waals surface area contributed by atoms with Crippen molar-refractivity contribution in [2.24, 2.45) is 0 Å². The summed E-state index contributed by atoms with van der Waals surface area (Å²) in [7, 11) is 1.63. The number of hydrogen-bond acceptors (Lipinski definition) is 2. The van der Waals surface area contributed by atoms with Crippen LogP contribution in [0, 0.1) is 5.82 Å². The molecule has 0 aliphatic heterocycles. The van der Waals surface area contributed by atoms with Crippen molar-refractivity contribution in [3.8, 4) is 39.3 Å². The van der Waals surface area contributed by atoms with E-state index in [0.29, 0.717) is 16.6 Å². The first-order valence-electron chi connectivity index (χ1n) is 13.0. The maximum atomic E-state index is 14.3. The highest BCUT2D eigenvalue weighted by molar-refractivity contribution is 6.00. The van der Waals surface area contributed by atoms with Crippen LogP contribution in [0.2, 0.25) is 0 Å². The molecule has 0 radical (unpaired) electrons. The number of H-pyrrole nitrogens is 1. The number of hydrogen-bond donors (Lipinski definition) is 1. The number of aromatic nitrogens is 1. The van der Waals surface area contributed by atoms with Crippen molar-refractivity contribution < 1.29 is 9.13 Å². The Labute approximate surface area is 231 Å². The third-order valence-electron chi connectivity index (χ3n) is 7.03. The molecule has 194 valence electrons. The van der Waals surface area contributed by atoms with Crippen molar-refractivity contribution >= 4 is 23.1 Å². The van der Waals surface area contributed by atoms with Crippen molar-refractivity contribution in [3.63, 3.8) is 0 Å². The highest BCUT2D eigenvalue weighted by atomic mass is 19.1. The molecule has 0 aliphatic rings. The lowest BCUT2D eigenvalue weighted by Crippen LogP contribution is -2.11. The van der Waals surface area contributed by atoms with E-state index in [-0.39, 0.29) is 11.2 Å². The fraction of sp³-hybridized carbons (Fsp3) is 0.0278. The lowest BCUT2D eigenvalue weighted by molar-refractivity contribution is 0.415. The van der Waals surface area contributed by atoms with Gasteiger partial charge in [-0.25, -0.2) is 4.39 Å². The molecule has 6 rings (SSSR count). The number of nitrogens with one attached hydrogen (secondary N) is 1. The number of pyridine rings is 1. The molecule has 1 heterocycles. The first kappa shape index (κ1) is 25.1. The standard InChI is InChI=1S/C36H26FNO2/c1-40-30-19-15-27(16-20-30)34-31(21-14-24-12-17-29(37)18-13-24)36(39)33-23-28(25-8-4-2-5-9-25)22-32(35(33)38-34)26-10-6-3-7-11-26/h2-23H,1H3,(H,38,39)/b21-14+. The van der Waals surface area contributed by atoms with Crippen LogP contribution in [0.5, 0.6) is 5.75 Å². The lowest BCUT2D eigenvalue weighted by atomic mass is 9.93. The van der Waals surface area contributed by atoms with E-state index >= 15 is 0 Å². The normalized spacial score (nSPS) is 11.2. The maximum Gasteiger partial charge on any atom is 0.197 e. The van der Waals surface area contributed by atoms with E-state index < -0.39 is 0 Å². The van der Waals surface area contributed by atoms with Gasteiger partial charge in [-0.05, 0) is 82.4 Å². The minimum atomic E-state index is -0.304. The van der Waals surface area contributed by atoms with Crippen LogP contribution in [0.1, 0.15) is 11.1 Å². The number of ether oxygens (including phenoxy) is 1. The number of benzene rings is 5. The Morgan fingerprint density at radius 2 is 1.32 bits per heavy atom. The monoisotopic (exact) mass is 523 g/mol. The van der Waals surface area contributed by atoms with Crippen LogP contribution in [-0.2, 0) is 0 Å². The number of halogens is 1. The van der Waals surface area contributed by atoms with Crippen LogP contribution in [0.15, 0.2) is 126 Å². The minimum Gasteiger partial charge on any atom is -0.497 e. The van der Waals surface area contributed by atoms with E-state index in [4.69, 9.17) is 4.74 Å². The second-order valence-corrected chi connectivity index (χ2v) is 9.53. The Kier molecular flexibility index (Phi) is 6.82. The zero-order valence-corrected chi connectivity index (χ0v) is 21.9. The fourth-order valence-corrected chi connectivity index (χ4v) is 4.95. The molecule has 0 saturated carbocycles. The average molecular weight is 524 g/mol. The molecule has 1 aromatic heterocycles. The smallest absolute Gasteiger partial charge is 0.197 e. The summed E-state index contributed by atoms with van der Waals surface area (Å²) in [5.41, 5.74) is 7.48. The molecule has 0 amide bonds. The van der Waals surface area contributed by atoms with Gasteiger partial charge < -0.3 is 9.72 Å². The zero-order valence-electron chi connectivity index (χ0n) is 21.9. The van der Waals surface area contributed by atoms with Crippen molar-refractivity contribution in [3.05, 3.63) is 148 Å². The summed E-state index contributed by atoms with van der Waals surface area (Å²) in [5, 5.41) is 0.594. The molecule has 5 aromatic carbocycles. The summed E-state index contributed by atoms with van der Waals surface area (Å²) in [6.07, 6.45) is 3.64. The van der Waals surface area contributed by atoms with Crippen molar-refractivity contribution in [2.45, 2.75) is 0 Å². The predicted molar refractivity (Wildman–Crippen MR) is 163 cm³/mol. The Hall–Kier alpha value is -5.22. The second kappa shape index (κ2) is 10.9. The van der Waals surface area contributed by atoms with Gasteiger partial charge in [-0.2, -0.15) is 0 Å². The van der Waals surface area contributed by atoms with E-state index in [9.17, 15) is 9.18 Å². The third kappa shape index (κ3) is 4.95. The molecule has 1 N–H and O–H groups in total. The van der Waals surface area contributed by atoms with Crippen molar-refractivity contribution in [2.75, 3.05) is 7.11 Å². The highest BCUT2D eigenvalue weighted by Gasteiger charge is 2.17. The van der Waals surface area contributed by atoms with E-state index in [0.717, 1.165) is 44.6 Å². The Morgan fingerprint density at radius 3 is 1.98 bits per heavy atom. The Bertz CT molecular complexity index is 1870. The predicted octanol–water partition coefficient (Wildman–Crippen LogP) is 8.85. The molecular weight excluding hydrogens is 497 g/mol. The highest BCUT2D eigenvalue weighted by Crippen LogP contribution is 2.35. The zero-order chi connectivity index (χ0) is 27.5. The van der Waals surface area contributed by atoms with Crippen LogP contribution >= 0.6 is 0 Å². The van der Waals surface area contributed by atoms with Gasteiger partial charge in [0.1, 0.15) is 11.6 Å². The Balaban J connectivity index is 1.65.